The van der Waals surface area contributed by atoms with E-state index in [-0.39, 0.29) is 12.1 Å². The molecule has 0 amide bonds. The molecule has 0 saturated carbocycles. The van der Waals surface area contributed by atoms with Crippen LogP contribution in [0.5, 0.6) is 0 Å². The van der Waals surface area contributed by atoms with Crippen molar-refractivity contribution in [3.05, 3.63) is 47.3 Å². The van der Waals surface area contributed by atoms with Gasteiger partial charge in [0.25, 0.3) is 0 Å². The molecule has 110 valence electrons. The molecule has 4 heteroatoms. The molecule has 1 aromatic heterocycles. The molecule has 1 atom stereocenters. The fourth-order valence-corrected chi connectivity index (χ4v) is 3.07. The summed E-state index contributed by atoms with van der Waals surface area (Å²) >= 11 is 0. The maximum atomic E-state index is 11.3. The van der Waals surface area contributed by atoms with E-state index in [0.717, 1.165) is 29.9 Å². The van der Waals surface area contributed by atoms with Crippen LogP contribution in [0.2, 0.25) is 0 Å². The molecule has 21 heavy (non-hydrogen) atoms. The Bertz CT molecular complexity index is 646. The number of carbonyl (C=O) groups excluding carboxylic acids is 1. The Morgan fingerprint density at radius 3 is 2.67 bits per heavy atom. The monoisotopic (exact) mass is 284 g/mol. The van der Waals surface area contributed by atoms with Crippen molar-refractivity contribution in [2.45, 2.75) is 45.6 Å². The number of aryl methyl sites for hydroxylation is 1. The number of hydrogen-bond acceptors (Lipinski definition) is 3. The van der Waals surface area contributed by atoms with Crippen molar-refractivity contribution in [1.29, 1.82) is 0 Å². The van der Waals surface area contributed by atoms with E-state index in [0.29, 0.717) is 0 Å². The molecule has 0 bridgehead atoms. The second kappa shape index (κ2) is 5.72. The van der Waals surface area contributed by atoms with Crippen molar-refractivity contribution >= 4 is 5.97 Å². The number of rotatable bonds is 3. The molecule has 0 saturated heterocycles. The summed E-state index contributed by atoms with van der Waals surface area (Å²) in [6, 6.07) is 10.0. The first-order valence-electron chi connectivity index (χ1n) is 7.50. The van der Waals surface area contributed by atoms with Crippen molar-refractivity contribution in [1.82, 2.24) is 9.78 Å². The van der Waals surface area contributed by atoms with Crippen LogP contribution in [-0.4, -0.2) is 15.7 Å². The Balaban J connectivity index is 2.10. The minimum Gasteiger partial charge on any atom is -0.456 e. The Morgan fingerprint density at radius 1 is 1.24 bits per heavy atom. The SMILES string of the molecule is CC(=O)OC(C)c1c2c(nn1-c1ccccc1)CCCC2. The number of nitrogens with zero attached hydrogens (tertiary/aromatic N) is 2. The van der Waals surface area contributed by atoms with Crippen LogP contribution in [-0.2, 0) is 22.4 Å². The van der Waals surface area contributed by atoms with E-state index in [1.807, 2.05) is 41.9 Å². The summed E-state index contributed by atoms with van der Waals surface area (Å²) in [6.45, 7) is 3.37. The maximum absolute atomic E-state index is 11.3. The average molecular weight is 284 g/mol. The molecular formula is C17H20N2O2. The molecule has 1 unspecified atom stereocenters. The third-order valence-corrected chi connectivity index (χ3v) is 3.93. The van der Waals surface area contributed by atoms with Gasteiger partial charge in [-0.15, -0.1) is 0 Å². The number of hydrogen-bond donors (Lipinski definition) is 0. The highest BCUT2D eigenvalue weighted by atomic mass is 16.5. The molecule has 1 aromatic carbocycles. The molecule has 0 radical (unpaired) electrons. The highest BCUT2D eigenvalue weighted by Crippen LogP contribution is 2.31. The predicted molar refractivity (Wildman–Crippen MR) is 80.4 cm³/mol. The Hall–Kier alpha value is -2.10. The van der Waals surface area contributed by atoms with Gasteiger partial charge in [-0.3, -0.25) is 4.79 Å². The third kappa shape index (κ3) is 2.71. The van der Waals surface area contributed by atoms with E-state index in [1.54, 1.807) is 0 Å². The largest absolute Gasteiger partial charge is 0.456 e. The minimum absolute atomic E-state index is 0.257. The van der Waals surface area contributed by atoms with Crippen LogP contribution in [0.15, 0.2) is 30.3 Å². The maximum Gasteiger partial charge on any atom is 0.303 e. The van der Waals surface area contributed by atoms with Gasteiger partial charge in [0.2, 0.25) is 0 Å². The fraction of sp³-hybridized carbons (Fsp3) is 0.412. The van der Waals surface area contributed by atoms with Crippen LogP contribution < -0.4 is 0 Å². The first kappa shape index (κ1) is 13.9. The first-order chi connectivity index (χ1) is 10.2. The Kier molecular flexibility index (Phi) is 3.78. The average Bonchev–Trinajstić information content (AvgIpc) is 2.87. The van der Waals surface area contributed by atoms with Gasteiger partial charge in [0, 0.05) is 12.5 Å². The van der Waals surface area contributed by atoms with Crippen LogP contribution >= 0.6 is 0 Å². The number of aromatic nitrogens is 2. The van der Waals surface area contributed by atoms with E-state index in [4.69, 9.17) is 9.84 Å². The summed E-state index contributed by atoms with van der Waals surface area (Å²) in [5, 5.41) is 4.77. The fourth-order valence-electron chi connectivity index (χ4n) is 3.07. The lowest BCUT2D eigenvalue weighted by Crippen LogP contribution is -2.13. The normalized spacial score (nSPS) is 15.3. The first-order valence-corrected chi connectivity index (χ1v) is 7.50. The van der Waals surface area contributed by atoms with Crippen molar-refractivity contribution in [3.8, 4) is 5.69 Å². The molecule has 0 fully saturated rings. The van der Waals surface area contributed by atoms with Gasteiger partial charge in [0.1, 0.15) is 6.10 Å². The van der Waals surface area contributed by atoms with Crippen molar-refractivity contribution in [2.24, 2.45) is 0 Å². The van der Waals surface area contributed by atoms with Gasteiger partial charge in [-0.1, -0.05) is 18.2 Å². The zero-order valence-corrected chi connectivity index (χ0v) is 12.5. The molecule has 3 rings (SSSR count). The summed E-state index contributed by atoms with van der Waals surface area (Å²) < 4.78 is 7.37. The lowest BCUT2D eigenvalue weighted by Gasteiger charge is -2.17. The standard InChI is InChI=1S/C17H20N2O2/c1-12(21-13(2)20)17-15-10-6-7-11-16(15)18-19(17)14-8-4-3-5-9-14/h3-5,8-9,12H,6-7,10-11H2,1-2H3. The van der Waals surface area contributed by atoms with Gasteiger partial charge >= 0.3 is 5.97 Å². The van der Waals surface area contributed by atoms with Crippen LogP contribution in [0.25, 0.3) is 5.69 Å². The molecule has 0 aliphatic heterocycles. The molecule has 1 aliphatic rings. The van der Waals surface area contributed by atoms with Crippen molar-refractivity contribution < 1.29 is 9.53 Å². The molecule has 1 aliphatic carbocycles. The smallest absolute Gasteiger partial charge is 0.303 e. The summed E-state index contributed by atoms with van der Waals surface area (Å²) in [6.07, 6.45) is 4.10. The van der Waals surface area contributed by atoms with E-state index < -0.39 is 0 Å². The van der Waals surface area contributed by atoms with Gasteiger partial charge in [-0.2, -0.15) is 5.10 Å². The minimum atomic E-state index is -0.281. The second-order valence-electron chi connectivity index (χ2n) is 5.52. The van der Waals surface area contributed by atoms with Crippen molar-refractivity contribution in [2.75, 3.05) is 0 Å². The third-order valence-electron chi connectivity index (χ3n) is 3.93. The van der Waals surface area contributed by atoms with E-state index in [1.165, 1.54) is 25.3 Å². The second-order valence-corrected chi connectivity index (χ2v) is 5.52. The van der Waals surface area contributed by atoms with E-state index in [2.05, 4.69) is 0 Å². The van der Waals surface area contributed by atoms with E-state index in [9.17, 15) is 4.79 Å². The number of para-hydroxylation sites is 1. The predicted octanol–water partition coefficient (Wildman–Crippen LogP) is 3.38. The van der Waals surface area contributed by atoms with Crippen LogP contribution in [0.1, 0.15) is 49.7 Å². The zero-order valence-electron chi connectivity index (χ0n) is 12.5. The Morgan fingerprint density at radius 2 is 1.95 bits per heavy atom. The molecular weight excluding hydrogens is 264 g/mol. The number of benzene rings is 1. The quantitative estimate of drug-likeness (QED) is 0.812. The molecule has 0 N–H and O–H groups in total. The number of fused-ring (bicyclic) bond motifs is 1. The topological polar surface area (TPSA) is 44.1 Å². The number of ether oxygens (including phenoxy) is 1. The lowest BCUT2D eigenvalue weighted by molar-refractivity contribution is -0.146. The van der Waals surface area contributed by atoms with Gasteiger partial charge in [-0.25, -0.2) is 4.68 Å². The number of carbonyl (C=O) groups is 1. The summed E-state index contributed by atoms with van der Waals surface area (Å²) in [5.41, 5.74) is 4.45. The van der Waals surface area contributed by atoms with Gasteiger partial charge in [-0.05, 0) is 44.7 Å². The summed E-state index contributed by atoms with van der Waals surface area (Å²) in [4.78, 5) is 11.3. The molecule has 1 heterocycles. The van der Waals surface area contributed by atoms with Crippen LogP contribution in [0, 0.1) is 0 Å². The molecule has 0 spiro atoms. The highest BCUT2D eigenvalue weighted by molar-refractivity contribution is 5.66. The lowest BCUT2D eigenvalue weighted by atomic mass is 9.94. The summed E-state index contributed by atoms with van der Waals surface area (Å²) in [5.74, 6) is -0.257. The number of esters is 1. The summed E-state index contributed by atoms with van der Waals surface area (Å²) in [7, 11) is 0. The molecule has 4 nitrogen and oxygen atoms in total. The van der Waals surface area contributed by atoms with Crippen LogP contribution in [0.3, 0.4) is 0 Å². The van der Waals surface area contributed by atoms with Crippen molar-refractivity contribution in [3.63, 3.8) is 0 Å². The highest BCUT2D eigenvalue weighted by Gasteiger charge is 2.26. The van der Waals surface area contributed by atoms with Crippen LogP contribution in [0.4, 0.5) is 0 Å². The van der Waals surface area contributed by atoms with Gasteiger partial charge in [0.05, 0.1) is 17.1 Å². The zero-order chi connectivity index (χ0) is 14.8. The van der Waals surface area contributed by atoms with E-state index >= 15 is 0 Å². The van der Waals surface area contributed by atoms with Gasteiger partial charge in [0.15, 0.2) is 0 Å². The molecule has 2 aromatic rings. The Labute approximate surface area is 124 Å². The van der Waals surface area contributed by atoms with Gasteiger partial charge < -0.3 is 4.74 Å².